The van der Waals surface area contributed by atoms with Crippen molar-refractivity contribution in [2.45, 2.75) is 33.3 Å². The summed E-state index contributed by atoms with van der Waals surface area (Å²) >= 11 is 7.47. The lowest BCUT2D eigenvalue weighted by molar-refractivity contribution is 0.0496. The minimum atomic E-state index is -0.454. The summed E-state index contributed by atoms with van der Waals surface area (Å²) in [4.78, 5) is 0.883. The Morgan fingerprint density at radius 2 is 2.23 bits per heavy atom. The molecule has 0 bridgehead atoms. The van der Waals surface area contributed by atoms with Gasteiger partial charge in [0.15, 0.2) is 0 Å². The highest BCUT2D eigenvalue weighted by Crippen LogP contribution is 2.41. The molecule has 3 heteroatoms. The molecule has 1 N–H and O–H groups in total. The zero-order chi connectivity index (χ0) is 10.1. The monoisotopic (exact) mass is 218 g/mol. The van der Waals surface area contributed by atoms with Gasteiger partial charge in [0.1, 0.15) is 0 Å². The van der Waals surface area contributed by atoms with Gasteiger partial charge in [-0.1, -0.05) is 32.4 Å². The van der Waals surface area contributed by atoms with Gasteiger partial charge in [-0.15, -0.1) is 11.3 Å². The van der Waals surface area contributed by atoms with Crippen LogP contribution in [-0.2, 0) is 0 Å². The first kappa shape index (κ1) is 11.0. The van der Waals surface area contributed by atoms with Crippen LogP contribution in [0.2, 0.25) is 5.02 Å². The second-order valence-corrected chi connectivity index (χ2v) is 5.23. The predicted octanol–water partition coefficient (Wildman–Crippen LogP) is 3.87. The van der Waals surface area contributed by atoms with Gasteiger partial charge in [0.05, 0.1) is 16.0 Å². The maximum Gasteiger partial charge on any atom is 0.0947 e. The molecule has 0 spiro atoms. The van der Waals surface area contributed by atoms with Crippen molar-refractivity contribution in [3.8, 4) is 0 Å². The quantitative estimate of drug-likeness (QED) is 0.817. The van der Waals surface area contributed by atoms with E-state index < -0.39 is 6.10 Å². The molecule has 1 nitrogen and oxygen atoms in total. The van der Waals surface area contributed by atoms with Crippen LogP contribution in [0.5, 0.6) is 0 Å². The third-order valence-electron chi connectivity index (χ3n) is 2.54. The van der Waals surface area contributed by atoms with Crippen molar-refractivity contribution >= 4 is 22.9 Å². The minimum absolute atomic E-state index is 0.103. The highest BCUT2D eigenvalue weighted by Gasteiger charge is 2.29. The van der Waals surface area contributed by atoms with Crippen LogP contribution in [0.4, 0.5) is 0 Å². The molecule has 0 saturated carbocycles. The van der Waals surface area contributed by atoms with Crippen molar-refractivity contribution in [2.24, 2.45) is 5.41 Å². The summed E-state index contributed by atoms with van der Waals surface area (Å²) in [5, 5.41) is 12.6. The Hall–Kier alpha value is -0.0500. The molecule has 0 aliphatic heterocycles. The molecule has 0 aliphatic carbocycles. The van der Waals surface area contributed by atoms with Crippen molar-refractivity contribution in [3.63, 3.8) is 0 Å². The molecule has 0 saturated heterocycles. The molecule has 0 radical (unpaired) electrons. The van der Waals surface area contributed by atoms with Gasteiger partial charge in [-0.3, -0.25) is 0 Å². The van der Waals surface area contributed by atoms with Gasteiger partial charge < -0.3 is 5.11 Å². The standard InChI is InChI=1S/C10H15ClOS/c1-4-10(2,3)9(12)8-7(11)5-6-13-8/h5-6,9,12H,4H2,1-3H3. The smallest absolute Gasteiger partial charge is 0.0947 e. The Balaban J connectivity index is 2.91. The van der Waals surface area contributed by atoms with E-state index in [9.17, 15) is 5.11 Å². The van der Waals surface area contributed by atoms with E-state index >= 15 is 0 Å². The first-order chi connectivity index (χ1) is 5.99. The third kappa shape index (κ3) is 2.25. The van der Waals surface area contributed by atoms with Gasteiger partial charge in [-0.05, 0) is 23.3 Å². The Bertz CT molecular complexity index is 280. The molecule has 1 unspecified atom stereocenters. The molecule has 0 amide bonds. The second-order valence-electron chi connectivity index (χ2n) is 3.88. The summed E-state index contributed by atoms with van der Waals surface area (Å²) in [5.74, 6) is 0. The van der Waals surface area contributed by atoms with Crippen molar-refractivity contribution < 1.29 is 5.11 Å². The van der Waals surface area contributed by atoms with Gasteiger partial charge in [-0.2, -0.15) is 0 Å². The van der Waals surface area contributed by atoms with Gasteiger partial charge in [-0.25, -0.2) is 0 Å². The number of thiophene rings is 1. The van der Waals surface area contributed by atoms with Gasteiger partial charge in [0.25, 0.3) is 0 Å². The number of aliphatic hydroxyl groups excluding tert-OH is 1. The molecule has 74 valence electrons. The lowest BCUT2D eigenvalue weighted by atomic mass is 9.83. The lowest BCUT2D eigenvalue weighted by Crippen LogP contribution is -2.20. The van der Waals surface area contributed by atoms with Gasteiger partial charge >= 0.3 is 0 Å². The fraction of sp³-hybridized carbons (Fsp3) is 0.600. The van der Waals surface area contributed by atoms with E-state index in [1.165, 1.54) is 11.3 Å². The average Bonchev–Trinajstić information content (AvgIpc) is 2.50. The van der Waals surface area contributed by atoms with E-state index in [4.69, 9.17) is 11.6 Å². The highest BCUT2D eigenvalue weighted by molar-refractivity contribution is 7.10. The van der Waals surface area contributed by atoms with Crippen LogP contribution in [-0.4, -0.2) is 5.11 Å². The van der Waals surface area contributed by atoms with Crippen LogP contribution in [0.1, 0.15) is 38.2 Å². The molecule has 1 atom stereocenters. The largest absolute Gasteiger partial charge is 0.387 e. The van der Waals surface area contributed by atoms with E-state index in [0.717, 1.165) is 11.3 Å². The number of aliphatic hydroxyl groups is 1. The van der Waals surface area contributed by atoms with Crippen LogP contribution in [0.25, 0.3) is 0 Å². The van der Waals surface area contributed by atoms with Crippen LogP contribution < -0.4 is 0 Å². The number of hydrogen-bond acceptors (Lipinski definition) is 2. The van der Waals surface area contributed by atoms with Crippen molar-refractivity contribution in [3.05, 3.63) is 21.3 Å². The lowest BCUT2D eigenvalue weighted by Gasteiger charge is -2.28. The van der Waals surface area contributed by atoms with Gasteiger partial charge in [0.2, 0.25) is 0 Å². The number of rotatable bonds is 3. The SMILES string of the molecule is CCC(C)(C)C(O)c1sccc1Cl. The zero-order valence-electron chi connectivity index (χ0n) is 8.17. The van der Waals surface area contributed by atoms with E-state index in [2.05, 4.69) is 6.92 Å². The summed E-state index contributed by atoms with van der Waals surface area (Å²) in [6, 6.07) is 1.83. The van der Waals surface area contributed by atoms with Crippen molar-refractivity contribution in [1.29, 1.82) is 0 Å². The Morgan fingerprint density at radius 3 is 2.62 bits per heavy atom. The maximum absolute atomic E-state index is 10.0. The molecule has 1 aromatic heterocycles. The summed E-state index contributed by atoms with van der Waals surface area (Å²) < 4.78 is 0. The molecule has 1 rings (SSSR count). The van der Waals surface area contributed by atoms with Crippen LogP contribution >= 0.6 is 22.9 Å². The minimum Gasteiger partial charge on any atom is -0.387 e. The Labute approximate surface area is 88.4 Å². The summed E-state index contributed by atoms with van der Waals surface area (Å²) in [5.41, 5.74) is -0.103. The molecule has 0 aliphatic rings. The van der Waals surface area contributed by atoms with E-state index in [1.54, 1.807) is 0 Å². The third-order valence-corrected chi connectivity index (χ3v) is 3.96. The van der Waals surface area contributed by atoms with Crippen LogP contribution in [0, 0.1) is 5.41 Å². The summed E-state index contributed by atoms with van der Waals surface area (Å²) in [7, 11) is 0. The average molecular weight is 219 g/mol. The van der Waals surface area contributed by atoms with Crippen molar-refractivity contribution in [1.82, 2.24) is 0 Å². The second kappa shape index (κ2) is 3.99. The number of hydrogen-bond donors (Lipinski definition) is 1. The van der Waals surface area contributed by atoms with E-state index in [1.807, 2.05) is 25.3 Å². The summed E-state index contributed by atoms with van der Waals surface area (Å²) in [6.07, 6.45) is 0.479. The van der Waals surface area contributed by atoms with Crippen molar-refractivity contribution in [2.75, 3.05) is 0 Å². The maximum atomic E-state index is 10.0. The molecule has 13 heavy (non-hydrogen) atoms. The molecular weight excluding hydrogens is 204 g/mol. The summed E-state index contributed by atoms with van der Waals surface area (Å²) in [6.45, 7) is 6.17. The van der Waals surface area contributed by atoms with Crippen LogP contribution in [0.3, 0.4) is 0 Å². The fourth-order valence-corrected chi connectivity index (χ4v) is 2.40. The molecule has 0 fully saturated rings. The molecular formula is C10H15ClOS. The number of halogens is 1. The topological polar surface area (TPSA) is 20.2 Å². The Morgan fingerprint density at radius 1 is 1.62 bits per heavy atom. The molecule has 1 aromatic rings. The highest BCUT2D eigenvalue weighted by atomic mass is 35.5. The molecule has 1 heterocycles. The van der Waals surface area contributed by atoms with E-state index in [-0.39, 0.29) is 5.41 Å². The molecule has 0 aromatic carbocycles. The predicted molar refractivity (Wildman–Crippen MR) is 58.4 cm³/mol. The first-order valence-corrected chi connectivity index (χ1v) is 5.65. The fourth-order valence-electron chi connectivity index (χ4n) is 1.05. The Kier molecular flexibility index (Phi) is 3.38. The first-order valence-electron chi connectivity index (χ1n) is 4.40. The normalized spacial score (nSPS) is 14.5. The zero-order valence-corrected chi connectivity index (χ0v) is 9.75. The van der Waals surface area contributed by atoms with Crippen LogP contribution in [0.15, 0.2) is 11.4 Å². The van der Waals surface area contributed by atoms with E-state index in [0.29, 0.717) is 5.02 Å². The van der Waals surface area contributed by atoms with Gasteiger partial charge in [0, 0.05) is 0 Å².